The Bertz CT molecular complexity index is 1540. The SMILES string of the molecule is CCOC(=O)[C@@]1(Cc2ccc(OCc3cc(-c4ccccc4)nc4ccc(C)cc34)c(F)c2)C[C@@H]1C(=O)NO. The van der Waals surface area contributed by atoms with E-state index < -0.39 is 29.0 Å². The summed E-state index contributed by atoms with van der Waals surface area (Å²) in [5.74, 6) is -2.43. The molecular formula is C31H29FN2O5. The largest absolute Gasteiger partial charge is 0.486 e. The molecule has 1 fully saturated rings. The third-order valence-electron chi connectivity index (χ3n) is 7.20. The molecule has 1 saturated carbocycles. The predicted molar refractivity (Wildman–Crippen MR) is 143 cm³/mol. The van der Waals surface area contributed by atoms with E-state index in [0.717, 1.165) is 33.3 Å². The standard InChI is InChI=1S/C31H29FN2O5/c1-3-38-30(36)31(17-24(31)29(35)34-37)16-20-10-12-28(25(32)14-20)39-18-22-15-27(21-7-5-4-6-8-21)33-26-11-9-19(2)13-23(22)26/h4-15,24,37H,3,16-18H2,1-2H3,(H,34,35)/t24-,31+/m1/s1. The average Bonchev–Trinajstić information content (AvgIpc) is 3.68. The molecule has 1 aliphatic rings. The fraction of sp³-hybridized carbons (Fsp3) is 0.258. The molecule has 1 aliphatic carbocycles. The van der Waals surface area contributed by atoms with Crippen LogP contribution < -0.4 is 10.2 Å². The highest BCUT2D eigenvalue weighted by Gasteiger charge is 2.64. The van der Waals surface area contributed by atoms with Crippen LogP contribution in [0.15, 0.2) is 72.8 Å². The molecule has 2 N–H and O–H groups in total. The maximum absolute atomic E-state index is 15.2. The first-order valence-electron chi connectivity index (χ1n) is 12.8. The molecule has 0 unspecified atom stereocenters. The van der Waals surface area contributed by atoms with Gasteiger partial charge in [-0.05, 0) is 62.6 Å². The first-order chi connectivity index (χ1) is 18.8. The second-order valence-electron chi connectivity index (χ2n) is 9.89. The third kappa shape index (κ3) is 5.33. The number of pyridine rings is 1. The lowest BCUT2D eigenvalue weighted by Crippen LogP contribution is -2.30. The average molecular weight is 529 g/mol. The van der Waals surface area contributed by atoms with E-state index in [0.29, 0.717) is 5.56 Å². The van der Waals surface area contributed by atoms with E-state index in [2.05, 4.69) is 0 Å². The Hall–Kier alpha value is -4.30. The second kappa shape index (κ2) is 10.8. The molecule has 7 nitrogen and oxygen atoms in total. The molecule has 0 aliphatic heterocycles. The molecule has 1 aromatic heterocycles. The summed E-state index contributed by atoms with van der Waals surface area (Å²) >= 11 is 0. The highest BCUT2D eigenvalue weighted by atomic mass is 19.1. The number of esters is 1. The van der Waals surface area contributed by atoms with Crippen molar-refractivity contribution in [3.05, 3.63) is 95.3 Å². The number of benzene rings is 3. The Balaban J connectivity index is 1.38. The molecule has 4 aromatic rings. The zero-order chi connectivity index (χ0) is 27.6. The summed E-state index contributed by atoms with van der Waals surface area (Å²) in [6.07, 6.45) is 0.326. The predicted octanol–water partition coefficient (Wildman–Crippen LogP) is 5.55. The van der Waals surface area contributed by atoms with Crippen LogP contribution in [0.5, 0.6) is 5.75 Å². The number of fused-ring (bicyclic) bond motifs is 1. The number of carbonyl (C=O) groups excluding carboxylic acids is 2. The number of amides is 1. The van der Waals surface area contributed by atoms with Crippen molar-refractivity contribution in [2.45, 2.75) is 33.3 Å². The number of hydroxylamine groups is 1. The molecule has 200 valence electrons. The van der Waals surface area contributed by atoms with Crippen LogP contribution >= 0.6 is 0 Å². The molecule has 0 spiro atoms. The molecule has 1 amide bonds. The van der Waals surface area contributed by atoms with Gasteiger partial charge in [0.15, 0.2) is 11.6 Å². The van der Waals surface area contributed by atoms with E-state index >= 15 is 4.39 Å². The van der Waals surface area contributed by atoms with Crippen LogP contribution in [0.2, 0.25) is 0 Å². The van der Waals surface area contributed by atoms with Gasteiger partial charge < -0.3 is 9.47 Å². The molecule has 8 heteroatoms. The van der Waals surface area contributed by atoms with Gasteiger partial charge in [0.2, 0.25) is 5.91 Å². The second-order valence-corrected chi connectivity index (χ2v) is 9.89. The first kappa shape index (κ1) is 26.3. The van der Waals surface area contributed by atoms with Gasteiger partial charge in [0.25, 0.3) is 0 Å². The van der Waals surface area contributed by atoms with Gasteiger partial charge in [0.1, 0.15) is 6.61 Å². The number of nitrogens with zero attached hydrogens (tertiary/aromatic N) is 1. The highest BCUT2D eigenvalue weighted by Crippen LogP contribution is 2.56. The molecular weight excluding hydrogens is 499 g/mol. The van der Waals surface area contributed by atoms with Crippen molar-refractivity contribution in [1.82, 2.24) is 10.5 Å². The Morgan fingerprint density at radius 2 is 1.90 bits per heavy atom. The van der Waals surface area contributed by atoms with E-state index in [1.165, 1.54) is 12.1 Å². The van der Waals surface area contributed by atoms with E-state index in [1.54, 1.807) is 18.5 Å². The van der Waals surface area contributed by atoms with Crippen molar-refractivity contribution in [3.8, 4) is 17.0 Å². The third-order valence-corrected chi connectivity index (χ3v) is 7.20. The van der Waals surface area contributed by atoms with Crippen LogP contribution in [0, 0.1) is 24.1 Å². The number of nitrogens with one attached hydrogen (secondary N) is 1. The molecule has 0 radical (unpaired) electrons. The summed E-state index contributed by atoms with van der Waals surface area (Å²) in [6.45, 7) is 3.97. The molecule has 5 rings (SSSR count). The monoisotopic (exact) mass is 528 g/mol. The smallest absolute Gasteiger partial charge is 0.313 e. The number of ether oxygens (including phenoxy) is 2. The van der Waals surface area contributed by atoms with Crippen LogP contribution in [0.1, 0.15) is 30.0 Å². The minimum Gasteiger partial charge on any atom is -0.486 e. The quantitative estimate of drug-likeness (QED) is 0.168. The number of carbonyl (C=O) groups is 2. The number of hydrogen-bond acceptors (Lipinski definition) is 6. The number of rotatable bonds is 9. The number of hydrogen-bond donors (Lipinski definition) is 2. The van der Waals surface area contributed by atoms with Gasteiger partial charge in [-0.3, -0.25) is 14.8 Å². The summed E-state index contributed by atoms with van der Waals surface area (Å²) in [5, 5.41) is 9.95. The van der Waals surface area contributed by atoms with Crippen LogP contribution in [-0.4, -0.2) is 28.7 Å². The van der Waals surface area contributed by atoms with E-state index in [1.807, 2.05) is 61.5 Å². The van der Waals surface area contributed by atoms with Crippen molar-refractivity contribution in [2.24, 2.45) is 11.3 Å². The normalized spacial score (nSPS) is 18.0. The highest BCUT2D eigenvalue weighted by molar-refractivity contribution is 5.93. The summed E-state index contributed by atoms with van der Waals surface area (Å²) in [7, 11) is 0. The van der Waals surface area contributed by atoms with Gasteiger partial charge >= 0.3 is 5.97 Å². The maximum Gasteiger partial charge on any atom is 0.313 e. The minimum atomic E-state index is -1.13. The summed E-state index contributed by atoms with van der Waals surface area (Å²) in [5.41, 5.74) is 5.56. The Kier molecular flexibility index (Phi) is 7.30. The van der Waals surface area contributed by atoms with Gasteiger partial charge in [0, 0.05) is 16.5 Å². The van der Waals surface area contributed by atoms with Crippen LogP contribution in [-0.2, 0) is 27.4 Å². The van der Waals surface area contributed by atoms with Crippen LogP contribution in [0.25, 0.3) is 22.2 Å². The summed E-state index contributed by atoms with van der Waals surface area (Å²) in [6, 6.07) is 22.3. The van der Waals surface area contributed by atoms with Gasteiger partial charge in [0.05, 0.1) is 29.2 Å². The summed E-state index contributed by atoms with van der Waals surface area (Å²) < 4.78 is 26.3. The van der Waals surface area contributed by atoms with Crippen molar-refractivity contribution in [1.29, 1.82) is 0 Å². The first-order valence-corrected chi connectivity index (χ1v) is 12.8. The molecule has 39 heavy (non-hydrogen) atoms. The summed E-state index contributed by atoms with van der Waals surface area (Å²) in [4.78, 5) is 29.4. The Morgan fingerprint density at radius 3 is 2.62 bits per heavy atom. The lowest BCUT2D eigenvalue weighted by Gasteiger charge is -2.17. The zero-order valence-corrected chi connectivity index (χ0v) is 21.7. The van der Waals surface area contributed by atoms with E-state index in [4.69, 9.17) is 19.7 Å². The fourth-order valence-electron chi connectivity index (χ4n) is 5.07. The lowest BCUT2D eigenvalue weighted by atomic mass is 9.93. The number of aryl methyl sites for hydroxylation is 1. The molecule has 1 heterocycles. The minimum absolute atomic E-state index is 0.0725. The van der Waals surface area contributed by atoms with Gasteiger partial charge in [-0.1, -0.05) is 48.0 Å². The number of halogens is 1. The van der Waals surface area contributed by atoms with Gasteiger partial charge in [-0.2, -0.15) is 0 Å². The van der Waals surface area contributed by atoms with Crippen molar-refractivity contribution >= 4 is 22.8 Å². The molecule has 0 bridgehead atoms. The lowest BCUT2D eigenvalue weighted by molar-refractivity contribution is -0.152. The molecule has 3 aromatic carbocycles. The van der Waals surface area contributed by atoms with Gasteiger partial charge in [-0.15, -0.1) is 0 Å². The number of aromatic nitrogens is 1. The zero-order valence-electron chi connectivity index (χ0n) is 21.7. The topological polar surface area (TPSA) is 97.8 Å². The molecule has 0 saturated heterocycles. The molecule has 2 atom stereocenters. The van der Waals surface area contributed by atoms with Crippen molar-refractivity contribution < 1.29 is 28.7 Å². The maximum atomic E-state index is 15.2. The fourth-order valence-corrected chi connectivity index (χ4v) is 5.07. The van der Waals surface area contributed by atoms with E-state index in [-0.39, 0.29) is 31.8 Å². The van der Waals surface area contributed by atoms with E-state index in [9.17, 15) is 9.59 Å². The van der Waals surface area contributed by atoms with Crippen molar-refractivity contribution in [2.75, 3.05) is 6.61 Å². The van der Waals surface area contributed by atoms with Crippen LogP contribution in [0.4, 0.5) is 4.39 Å². The Morgan fingerprint density at radius 1 is 1.10 bits per heavy atom. The van der Waals surface area contributed by atoms with Crippen LogP contribution in [0.3, 0.4) is 0 Å². The Labute approximate surface area is 225 Å². The van der Waals surface area contributed by atoms with Crippen molar-refractivity contribution in [3.63, 3.8) is 0 Å². The van der Waals surface area contributed by atoms with Gasteiger partial charge in [-0.25, -0.2) is 14.9 Å².